The van der Waals surface area contributed by atoms with E-state index in [2.05, 4.69) is 52.5 Å². The van der Waals surface area contributed by atoms with Crippen LogP contribution in [0.2, 0.25) is 0 Å². The van der Waals surface area contributed by atoms with Gasteiger partial charge in [-0.05, 0) is 44.9 Å². The minimum absolute atomic E-state index is 0.107. The average Bonchev–Trinajstić information content (AvgIpc) is 2.66. The van der Waals surface area contributed by atoms with Crippen molar-refractivity contribution in [3.63, 3.8) is 0 Å². The van der Waals surface area contributed by atoms with Crippen LogP contribution in [0.15, 0.2) is 22.7 Å². The van der Waals surface area contributed by atoms with Gasteiger partial charge in [0.25, 0.3) is 0 Å². The number of nitrogens with zero attached hydrogens (tertiary/aromatic N) is 2. The Kier molecular flexibility index (Phi) is 3.18. The number of benzene rings is 1. The summed E-state index contributed by atoms with van der Waals surface area (Å²) in [5, 5.41) is 0. The van der Waals surface area contributed by atoms with E-state index in [0.717, 1.165) is 9.99 Å². The van der Waals surface area contributed by atoms with Crippen LogP contribution in [0.1, 0.15) is 45.0 Å². The highest BCUT2D eigenvalue weighted by atomic mass is 79.9. The molecule has 0 unspecified atom stereocenters. The van der Waals surface area contributed by atoms with Gasteiger partial charge in [-0.15, -0.1) is 0 Å². The van der Waals surface area contributed by atoms with Crippen molar-refractivity contribution in [1.29, 1.82) is 0 Å². The van der Waals surface area contributed by atoms with E-state index in [0.29, 0.717) is 12.6 Å². The molecule has 19 heavy (non-hydrogen) atoms. The van der Waals surface area contributed by atoms with Crippen molar-refractivity contribution in [2.24, 2.45) is 5.73 Å². The molecule has 1 aliphatic rings. The maximum absolute atomic E-state index is 6.06. The number of nitrogens with two attached hydrogens (primary N) is 1. The molecule has 0 amide bonds. The summed E-state index contributed by atoms with van der Waals surface area (Å²) in [6.45, 7) is 5.13. The highest BCUT2D eigenvalue weighted by Crippen LogP contribution is 2.44. The second-order valence-electron chi connectivity index (χ2n) is 5.87. The standard InChI is InChI=1S/C15H20BrN3/c1-10(2)19-13-5-4-11(16)8-12(13)18-14(19)15(9-17)6-3-7-15/h4-5,8,10H,3,6-7,9,17H2,1-2H3. The van der Waals surface area contributed by atoms with Crippen LogP contribution in [0.4, 0.5) is 0 Å². The number of aromatic nitrogens is 2. The van der Waals surface area contributed by atoms with E-state index < -0.39 is 0 Å². The minimum atomic E-state index is 0.107. The highest BCUT2D eigenvalue weighted by molar-refractivity contribution is 9.10. The normalized spacial score (nSPS) is 17.9. The molecule has 0 saturated heterocycles. The van der Waals surface area contributed by atoms with E-state index in [-0.39, 0.29) is 5.41 Å². The Morgan fingerprint density at radius 2 is 2.16 bits per heavy atom. The molecule has 1 fully saturated rings. The fraction of sp³-hybridized carbons (Fsp3) is 0.533. The fourth-order valence-corrected chi connectivity index (χ4v) is 3.44. The topological polar surface area (TPSA) is 43.8 Å². The van der Waals surface area contributed by atoms with Gasteiger partial charge in [-0.25, -0.2) is 4.98 Å². The molecular weight excluding hydrogens is 302 g/mol. The smallest absolute Gasteiger partial charge is 0.117 e. The Balaban J connectivity index is 2.26. The lowest BCUT2D eigenvalue weighted by molar-refractivity contribution is 0.228. The number of hydrogen-bond acceptors (Lipinski definition) is 2. The van der Waals surface area contributed by atoms with Crippen molar-refractivity contribution in [2.75, 3.05) is 6.54 Å². The molecule has 0 spiro atoms. The molecule has 1 aromatic carbocycles. The van der Waals surface area contributed by atoms with Gasteiger partial charge < -0.3 is 10.3 Å². The maximum Gasteiger partial charge on any atom is 0.117 e. The molecule has 1 heterocycles. The van der Waals surface area contributed by atoms with E-state index in [9.17, 15) is 0 Å². The van der Waals surface area contributed by atoms with Crippen LogP contribution in [0.25, 0.3) is 11.0 Å². The SMILES string of the molecule is CC(C)n1c(C2(CN)CCC2)nc2cc(Br)ccc21. The van der Waals surface area contributed by atoms with Crippen molar-refractivity contribution in [1.82, 2.24) is 9.55 Å². The second kappa shape index (κ2) is 4.60. The van der Waals surface area contributed by atoms with Crippen molar-refractivity contribution in [3.8, 4) is 0 Å². The van der Waals surface area contributed by atoms with Gasteiger partial charge in [-0.1, -0.05) is 22.4 Å². The van der Waals surface area contributed by atoms with Crippen LogP contribution in [-0.4, -0.2) is 16.1 Å². The van der Waals surface area contributed by atoms with Crippen molar-refractivity contribution >= 4 is 27.0 Å². The molecule has 0 radical (unpaired) electrons. The van der Waals surface area contributed by atoms with Gasteiger partial charge >= 0.3 is 0 Å². The molecule has 3 nitrogen and oxygen atoms in total. The predicted molar refractivity (Wildman–Crippen MR) is 82.4 cm³/mol. The molecule has 2 N–H and O–H groups in total. The molecule has 0 bridgehead atoms. The van der Waals surface area contributed by atoms with E-state index in [1.54, 1.807) is 0 Å². The molecule has 4 heteroatoms. The lowest BCUT2D eigenvalue weighted by atomic mass is 9.68. The summed E-state index contributed by atoms with van der Waals surface area (Å²) in [5.41, 5.74) is 8.45. The molecule has 3 rings (SSSR count). The number of fused-ring (bicyclic) bond motifs is 1. The highest BCUT2D eigenvalue weighted by Gasteiger charge is 2.42. The summed E-state index contributed by atoms with van der Waals surface area (Å²) in [4.78, 5) is 4.91. The Morgan fingerprint density at radius 3 is 2.68 bits per heavy atom. The summed E-state index contributed by atoms with van der Waals surface area (Å²) < 4.78 is 3.45. The van der Waals surface area contributed by atoms with E-state index in [1.165, 1.54) is 30.6 Å². The van der Waals surface area contributed by atoms with E-state index in [4.69, 9.17) is 10.7 Å². The average molecular weight is 322 g/mol. The van der Waals surface area contributed by atoms with Gasteiger partial charge in [-0.2, -0.15) is 0 Å². The zero-order valence-corrected chi connectivity index (χ0v) is 13.1. The quantitative estimate of drug-likeness (QED) is 0.935. The first-order valence-corrected chi connectivity index (χ1v) is 7.75. The first kappa shape index (κ1) is 13.1. The number of imidazole rings is 1. The van der Waals surface area contributed by atoms with Gasteiger partial charge in [0.2, 0.25) is 0 Å². The largest absolute Gasteiger partial charge is 0.329 e. The van der Waals surface area contributed by atoms with Gasteiger partial charge in [0, 0.05) is 22.5 Å². The van der Waals surface area contributed by atoms with Crippen LogP contribution in [0, 0.1) is 0 Å². The van der Waals surface area contributed by atoms with Gasteiger partial charge in [0.1, 0.15) is 5.82 Å². The first-order valence-electron chi connectivity index (χ1n) is 6.95. The molecule has 102 valence electrons. The molecular formula is C15H20BrN3. The fourth-order valence-electron chi connectivity index (χ4n) is 3.09. The van der Waals surface area contributed by atoms with Gasteiger partial charge in [0.15, 0.2) is 0 Å². The molecule has 1 saturated carbocycles. The molecule has 0 aliphatic heterocycles. The third-order valence-corrected chi connectivity index (χ3v) is 4.84. The zero-order chi connectivity index (χ0) is 13.6. The van der Waals surface area contributed by atoms with Crippen molar-refractivity contribution in [3.05, 3.63) is 28.5 Å². The Labute approximate surface area is 122 Å². The summed E-state index contributed by atoms with van der Waals surface area (Å²) in [7, 11) is 0. The van der Waals surface area contributed by atoms with Gasteiger partial charge in [-0.3, -0.25) is 0 Å². The minimum Gasteiger partial charge on any atom is -0.329 e. The number of halogens is 1. The lowest BCUT2D eigenvalue weighted by Gasteiger charge is -2.41. The van der Waals surface area contributed by atoms with Gasteiger partial charge in [0.05, 0.1) is 11.0 Å². The van der Waals surface area contributed by atoms with Crippen LogP contribution < -0.4 is 5.73 Å². The van der Waals surface area contributed by atoms with E-state index >= 15 is 0 Å². The Morgan fingerprint density at radius 1 is 1.42 bits per heavy atom. The molecule has 1 aliphatic carbocycles. The van der Waals surface area contributed by atoms with Crippen LogP contribution in [-0.2, 0) is 5.41 Å². The van der Waals surface area contributed by atoms with Crippen molar-refractivity contribution < 1.29 is 0 Å². The van der Waals surface area contributed by atoms with Crippen LogP contribution in [0.3, 0.4) is 0 Å². The molecule has 1 aromatic heterocycles. The summed E-state index contributed by atoms with van der Waals surface area (Å²) in [6, 6.07) is 6.74. The predicted octanol–water partition coefficient (Wildman–Crippen LogP) is 3.76. The molecule has 2 aromatic rings. The van der Waals surface area contributed by atoms with Crippen molar-refractivity contribution in [2.45, 2.75) is 44.6 Å². The third-order valence-electron chi connectivity index (χ3n) is 4.34. The zero-order valence-electron chi connectivity index (χ0n) is 11.5. The lowest BCUT2D eigenvalue weighted by Crippen LogP contribution is -2.44. The Hall–Kier alpha value is -0.870. The first-order chi connectivity index (χ1) is 9.07. The molecule has 0 atom stereocenters. The number of hydrogen-bond donors (Lipinski definition) is 1. The maximum atomic E-state index is 6.06. The third kappa shape index (κ3) is 1.93. The number of rotatable bonds is 3. The van der Waals surface area contributed by atoms with E-state index in [1.807, 2.05) is 0 Å². The Bertz CT molecular complexity index is 606. The second-order valence-corrected chi connectivity index (χ2v) is 6.79. The summed E-state index contributed by atoms with van der Waals surface area (Å²) in [6.07, 6.45) is 3.60. The van der Waals surface area contributed by atoms with Crippen LogP contribution >= 0.6 is 15.9 Å². The summed E-state index contributed by atoms with van der Waals surface area (Å²) >= 11 is 3.53. The monoisotopic (exact) mass is 321 g/mol. The van der Waals surface area contributed by atoms with Crippen LogP contribution in [0.5, 0.6) is 0 Å². The summed E-state index contributed by atoms with van der Waals surface area (Å²) in [5.74, 6) is 1.18.